The molecule has 0 rings (SSSR count). The van der Waals surface area contributed by atoms with Gasteiger partial charge in [0.1, 0.15) is 0 Å². The summed E-state index contributed by atoms with van der Waals surface area (Å²) in [6, 6.07) is 2.18. The minimum absolute atomic E-state index is 0.0655. The topological polar surface area (TPSA) is 45.0 Å². The molecular formula is C12H24N2O. The van der Waals surface area contributed by atoms with E-state index in [0.717, 1.165) is 19.4 Å². The molecule has 2 unspecified atom stereocenters. The van der Waals surface area contributed by atoms with Crippen molar-refractivity contribution >= 4 is 0 Å². The zero-order chi connectivity index (χ0) is 11.7. The van der Waals surface area contributed by atoms with Crippen LogP contribution in [0.1, 0.15) is 40.5 Å². The second kappa shape index (κ2) is 8.70. The average molecular weight is 212 g/mol. The van der Waals surface area contributed by atoms with E-state index < -0.39 is 0 Å². The van der Waals surface area contributed by atoms with Gasteiger partial charge in [-0.25, -0.2) is 0 Å². The summed E-state index contributed by atoms with van der Waals surface area (Å²) in [4.78, 5) is 0. The molecule has 3 heteroatoms. The van der Waals surface area contributed by atoms with Crippen LogP contribution in [0.2, 0.25) is 0 Å². The lowest BCUT2D eigenvalue weighted by molar-refractivity contribution is 0.0322. The Hall–Kier alpha value is -0.590. The quantitative estimate of drug-likeness (QED) is 0.671. The molecule has 0 saturated carbocycles. The van der Waals surface area contributed by atoms with E-state index in [1.54, 1.807) is 0 Å². The van der Waals surface area contributed by atoms with E-state index in [0.29, 0.717) is 12.5 Å². The van der Waals surface area contributed by atoms with Gasteiger partial charge in [0.15, 0.2) is 0 Å². The van der Waals surface area contributed by atoms with E-state index in [4.69, 9.17) is 10.00 Å². The highest BCUT2D eigenvalue weighted by molar-refractivity contribution is 4.89. The fourth-order valence-electron chi connectivity index (χ4n) is 1.10. The second-order valence-electron chi connectivity index (χ2n) is 4.24. The summed E-state index contributed by atoms with van der Waals surface area (Å²) in [7, 11) is 0. The fraction of sp³-hybridized carbons (Fsp3) is 0.917. The third-order valence-corrected chi connectivity index (χ3v) is 2.52. The highest BCUT2D eigenvalue weighted by Crippen LogP contribution is 2.06. The van der Waals surface area contributed by atoms with Crippen LogP contribution >= 0.6 is 0 Å². The van der Waals surface area contributed by atoms with E-state index >= 15 is 0 Å². The van der Waals surface area contributed by atoms with Crippen molar-refractivity contribution in [2.45, 2.75) is 52.7 Å². The second-order valence-corrected chi connectivity index (χ2v) is 4.24. The summed E-state index contributed by atoms with van der Waals surface area (Å²) < 4.78 is 5.62. The van der Waals surface area contributed by atoms with Crippen molar-refractivity contribution in [1.82, 2.24) is 5.32 Å². The first kappa shape index (κ1) is 14.4. The van der Waals surface area contributed by atoms with E-state index in [9.17, 15) is 0 Å². The number of ether oxygens (including phenoxy) is 1. The van der Waals surface area contributed by atoms with E-state index in [1.807, 2.05) is 0 Å². The zero-order valence-electron chi connectivity index (χ0n) is 10.4. The van der Waals surface area contributed by atoms with Crippen LogP contribution in [0.4, 0.5) is 0 Å². The summed E-state index contributed by atoms with van der Waals surface area (Å²) >= 11 is 0. The smallest absolute Gasteiger partial charge is 0.0975 e. The van der Waals surface area contributed by atoms with Crippen molar-refractivity contribution in [3.05, 3.63) is 0 Å². The largest absolute Gasteiger partial charge is 0.378 e. The molecule has 3 nitrogen and oxygen atoms in total. The fourth-order valence-corrected chi connectivity index (χ4v) is 1.10. The number of hydrogen-bond donors (Lipinski definition) is 1. The minimum Gasteiger partial charge on any atom is -0.378 e. The van der Waals surface area contributed by atoms with Gasteiger partial charge in [-0.2, -0.15) is 5.26 Å². The summed E-state index contributed by atoms with van der Waals surface area (Å²) in [5, 5.41) is 12.0. The maximum Gasteiger partial charge on any atom is 0.0975 e. The molecule has 0 aromatic rings. The molecule has 0 heterocycles. The van der Waals surface area contributed by atoms with Crippen LogP contribution in [0.5, 0.6) is 0 Å². The van der Waals surface area contributed by atoms with Gasteiger partial charge in [-0.3, -0.25) is 0 Å². The Bertz CT molecular complexity index is 187. The number of nitriles is 1. The van der Waals surface area contributed by atoms with Gasteiger partial charge < -0.3 is 10.1 Å². The molecule has 0 aromatic carbocycles. The molecule has 0 fully saturated rings. The molecule has 15 heavy (non-hydrogen) atoms. The maximum absolute atomic E-state index is 8.86. The number of hydrogen-bond acceptors (Lipinski definition) is 3. The minimum atomic E-state index is -0.0655. The van der Waals surface area contributed by atoms with Crippen molar-refractivity contribution in [3.63, 3.8) is 0 Å². The zero-order valence-corrected chi connectivity index (χ0v) is 10.4. The van der Waals surface area contributed by atoms with Crippen molar-refractivity contribution in [1.29, 1.82) is 5.26 Å². The van der Waals surface area contributed by atoms with Gasteiger partial charge in [-0.05, 0) is 32.2 Å². The predicted molar refractivity (Wildman–Crippen MR) is 62.6 cm³/mol. The van der Waals surface area contributed by atoms with Crippen LogP contribution in [-0.4, -0.2) is 25.3 Å². The standard InChI is InChI=1S/C12H24N2O/c1-5-7-14-12(9-13)6-8-15-11(4)10(2)3/h10-12,14H,5-8H2,1-4H3. The molecule has 2 atom stereocenters. The molecule has 0 aliphatic heterocycles. The lowest BCUT2D eigenvalue weighted by Gasteiger charge is -2.17. The molecule has 0 aliphatic rings. The van der Waals surface area contributed by atoms with E-state index in [2.05, 4.69) is 39.1 Å². The molecule has 0 bridgehead atoms. The monoisotopic (exact) mass is 212 g/mol. The van der Waals surface area contributed by atoms with Crippen LogP contribution in [-0.2, 0) is 4.74 Å². The van der Waals surface area contributed by atoms with Gasteiger partial charge in [0, 0.05) is 6.61 Å². The maximum atomic E-state index is 8.86. The van der Waals surface area contributed by atoms with Crippen LogP contribution in [0, 0.1) is 17.2 Å². The molecule has 0 spiro atoms. The van der Waals surface area contributed by atoms with Gasteiger partial charge in [0.2, 0.25) is 0 Å². The lowest BCUT2D eigenvalue weighted by Crippen LogP contribution is -2.30. The number of nitrogens with zero attached hydrogens (tertiary/aromatic N) is 1. The highest BCUT2D eigenvalue weighted by atomic mass is 16.5. The van der Waals surface area contributed by atoms with Gasteiger partial charge >= 0.3 is 0 Å². The molecule has 0 aliphatic carbocycles. The summed E-state index contributed by atoms with van der Waals surface area (Å²) in [6.45, 7) is 10.0. The Kier molecular flexibility index (Phi) is 8.35. The average Bonchev–Trinajstić information content (AvgIpc) is 2.22. The molecule has 0 amide bonds. The Morgan fingerprint density at radius 3 is 2.47 bits per heavy atom. The lowest BCUT2D eigenvalue weighted by atomic mass is 10.1. The number of nitrogens with one attached hydrogen (secondary N) is 1. The first-order chi connectivity index (χ1) is 7.11. The number of rotatable bonds is 8. The van der Waals surface area contributed by atoms with Crippen molar-refractivity contribution in [3.8, 4) is 6.07 Å². The molecule has 0 saturated heterocycles. The highest BCUT2D eigenvalue weighted by Gasteiger charge is 2.09. The first-order valence-corrected chi connectivity index (χ1v) is 5.86. The van der Waals surface area contributed by atoms with Gasteiger partial charge in [0.05, 0.1) is 18.2 Å². The third-order valence-electron chi connectivity index (χ3n) is 2.52. The van der Waals surface area contributed by atoms with Crippen molar-refractivity contribution in [2.75, 3.05) is 13.2 Å². The van der Waals surface area contributed by atoms with Crippen LogP contribution in [0.15, 0.2) is 0 Å². The molecule has 1 N–H and O–H groups in total. The predicted octanol–water partition coefficient (Wildman–Crippen LogP) is 2.33. The molecular weight excluding hydrogens is 188 g/mol. The van der Waals surface area contributed by atoms with E-state index in [1.165, 1.54) is 0 Å². The van der Waals surface area contributed by atoms with Crippen molar-refractivity contribution in [2.24, 2.45) is 5.92 Å². The van der Waals surface area contributed by atoms with Crippen LogP contribution in [0.25, 0.3) is 0 Å². The third kappa shape index (κ3) is 7.35. The molecule has 0 aromatic heterocycles. The van der Waals surface area contributed by atoms with E-state index in [-0.39, 0.29) is 12.1 Å². The van der Waals surface area contributed by atoms with Gasteiger partial charge in [-0.15, -0.1) is 0 Å². The van der Waals surface area contributed by atoms with Crippen LogP contribution < -0.4 is 5.32 Å². The Balaban J connectivity index is 3.59. The normalized spacial score (nSPS) is 14.9. The summed E-state index contributed by atoms with van der Waals surface area (Å²) in [5.41, 5.74) is 0. The summed E-state index contributed by atoms with van der Waals surface area (Å²) in [5.74, 6) is 0.536. The SMILES string of the molecule is CCCNC(C#N)CCOC(C)C(C)C. The Labute approximate surface area is 93.8 Å². The summed E-state index contributed by atoms with van der Waals surface area (Å²) in [6.07, 6.45) is 2.10. The Morgan fingerprint density at radius 2 is 2.00 bits per heavy atom. The van der Waals surface area contributed by atoms with Crippen molar-refractivity contribution < 1.29 is 4.74 Å². The molecule has 0 radical (unpaired) electrons. The Morgan fingerprint density at radius 1 is 1.33 bits per heavy atom. The van der Waals surface area contributed by atoms with Gasteiger partial charge in [0.25, 0.3) is 0 Å². The van der Waals surface area contributed by atoms with Gasteiger partial charge in [-0.1, -0.05) is 20.8 Å². The van der Waals surface area contributed by atoms with Crippen LogP contribution in [0.3, 0.4) is 0 Å². The molecule has 88 valence electrons. The first-order valence-electron chi connectivity index (χ1n) is 5.86.